The molecule has 2 heterocycles. The number of nitrogens with one attached hydrogen (secondary N) is 2. The Morgan fingerprint density at radius 3 is 2.47 bits per heavy atom. The zero-order valence-electron chi connectivity index (χ0n) is 18.6. The molecule has 4 aromatic rings. The molecule has 1 unspecified atom stereocenters. The second-order valence-corrected chi connectivity index (χ2v) is 8.94. The molecule has 0 spiro atoms. The number of aromatic nitrogens is 1. The number of rotatable bonds is 5. The molecule has 2 N–H and O–H groups in total. The molecule has 0 saturated heterocycles. The van der Waals surface area contributed by atoms with Crippen LogP contribution in [0.25, 0.3) is 22.4 Å². The fourth-order valence-electron chi connectivity index (χ4n) is 4.03. The van der Waals surface area contributed by atoms with Crippen molar-refractivity contribution in [2.24, 2.45) is 0 Å². The molecule has 1 aromatic heterocycles. The van der Waals surface area contributed by atoms with Gasteiger partial charge in [0.05, 0.1) is 18.3 Å². The number of carbonyl (C=O) groups is 2. The zero-order chi connectivity index (χ0) is 23.5. The lowest BCUT2D eigenvalue weighted by Gasteiger charge is -2.26. The minimum atomic E-state index is -0.204. The molecule has 6 nitrogen and oxygen atoms in total. The van der Waals surface area contributed by atoms with E-state index in [9.17, 15) is 9.59 Å². The summed E-state index contributed by atoms with van der Waals surface area (Å²) in [5.74, 6) is 0.500. The van der Waals surface area contributed by atoms with Crippen molar-refractivity contribution in [1.82, 2.24) is 10.3 Å². The van der Waals surface area contributed by atoms with Gasteiger partial charge in [0.25, 0.3) is 5.91 Å². The number of carbonyl (C=O) groups excluding carboxylic acids is 2. The van der Waals surface area contributed by atoms with Gasteiger partial charge in [-0.15, -0.1) is 11.3 Å². The van der Waals surface area contributed by atoms with Gasteiger partial charge < -0.3 is 10.1 Å². The fourth-order valence-corrected chi connectivity index (χ4v) is 4.74. The minimum absolute atomic E-state index is 0.0706. The maximum Gasteiger partial charge on any atom is 0.257 e. The molecule has 3 aromatic carbocycles. The van der Waals surface area contributed by atoms with Gasteiger partial charge in [0.15, 0.2) is 5.13 Å². The van der Waals surface area contributed by atoms with Crippen LogP contribution in [0.2, 0.25) is 0 Å². The average molecular weight is 470 g/mol. The van der Waals surface area contributed by atoms with Crippen molar-refractivity contribution >= 4 is 28.3 Å². The molecular formula is C27H23N3O3S. The topological polar surface area (TPSA) is 80.3 Å². The molecule has 34 heavy (non-hydrogen) atoms. The predicted molar refractivity (Wildman–Crippen MR) is 134 cm³/mol. The van der Waals surface area contributed by atoms with Crippen molar-refractivity contribution in [3.05, 3.63) is 89.3 Å². The first-order valence-corrected chi connectivity index (χ1v) is 11.9. The summed E-state index contributed by atoms with van der Waals surface area (Å²) >= 11 is 1.37. The third-order valence-corrected chi connectivity index (χ3v) is 6.46. The van der Waals surface area contributed by atoms with Gasteiger partial charge in [0.2, 0.25) is 5.91 Å². The lowest BCUT2D eigenvalue weighted by Crippen LogP contribution is -2.30. The van der Waals surface area contributed by atoms with Crippen LogP contribution in [0.15, 0.2) is 78.2 Å². The third-order valence-electron chi connectivity index (χ3n) is 5.70. The highest BCUT2D eigenvalue weighted by Gasteiger charge is 2.23. The monoisotopic (exact) mass is 469 g/mol. The molecule has 1 atom stereocenters. The van der Waals surface area contributed by atoms with Crippen LogP contribution in [-0.4, -0.2) is 23.4 Å². The minimum Gasteiger partial charge on any atom is -0.493 e. The molecule has 5 rings (SSSR count). The van der Waals surface area contributed by atoms with Crippen LogP contribution in [0.1, 0.15) is 35.3 Å². The SMILES string of the molecule is CC(=O)NC1CCOc2ccc(-c3csc(NC(=O)c4ccc(-c5ccccc5)cc4)n3)cc21. The van der Waals surface area contributed by atoms with Crippen molar-refractivity contribution in [1.29, 1.82) is 0 Å². The van der Waals surface area contributed by atoms with Crippen molar-refractivity contribution in [2.75, 3.05) is 11.9 Å². The summed E-state index contributed by atoms with van der Waals surface area (Å²) in [6.07, 6.45) is 0.720. The van der Waals surface area contributed by atoms with Crippen molar-refractivity contribution < 1.29 is 14.3 Å². The highest BCUT2D eigenvalue weighted by molar-refractivity contribution is 7.14. The Labute approximate surface area is 201 Å². The van der Waals surface area contributed by atoms with Crippen LogP contribution in [0.5, 0.6) is 5.75 Å². The molecular weight excluding hydrogens is 446 g/mol. The average Bonchev–Trinajstić information content (AvgIpc) is 3.33. The molecule has 7 heteroatoms. The quantitative estimate of drug-likeness (QED) is 0.394. The Morgan fingerprint density at radius 1 is 0.971 bits per heavy atom. The van der Waals surface area contributed by atoms with Gasteiger partial charge in [-0.05, 0) is 41.5 Å². The zero-order valence-corrected chi connectivity index (χ0v) is 19.4. The van der Waals surface area contributed by atoms with E-state index in [1.807, 2.05) is 78.2 Å². The van der Waals surface area contributed by atoms with E-state index in [0.29, 0.717) is 17.3 Å². The summed E-state index contributed by atoms with van der Waals surface area (Å²) in [5.41, 5.74) is 5.34. The van der Waals surface area contributed by atoms with Gasteiger partial charge in [-0.2, -0.15) is 0 Å². The molecule has 0 aliphatic carbocycles. The van der Waals surface area contributed by atoms with Crippen LogP contribution in [0.4, 0.5) is 5.13 Å². The Hall–Kier alpha value is -3.97. The second-order valence-electron chi connectivity index (χ2n) is 8.08. The standard InChI is InChI=1S/C27H23N3O3S/c1-17(31)28-23-13-14-33-25-12-11-21(15-22(23)25)24-16-34-27(29-24)30-26(32)20-9-7-19(8-10-20)18-5-3-2-4-6-18/h2-12,15-16,23H,13-14H2,1H3,(H,28,31)(H,29,30,32). The maximum absolute atomic E-state index is 12.7. The fraction of sp³-hybridized carbons (Fsp3) is 0.148. The van der Waals surface area contributed by atoms with Gasteiger partial charge >= 0.3 is 0 Å². The van der Waals surface area contributed by atoms with Crippen LogP contribution < -0.4 is 15.4 Å². The van der Waals surface area contributed by atoms with Crippen molar-refractivity contribution in [2.45, 2.75) is 19.4 Å². The largest absolute Gasteiger partial charge is 0.493 e. The lowest BCUT2D eigenvalue weighted by molar-refractivity contribution is -0.119. The molecule has 0 fully saturated rings. The van der Waals surface area contributed by atoms with E-state index in [-0.39, 0.29) is 17.9 Å². The first kappa shape index (κ1) is 21.9. The summed E-state index contributed by atoms with van der Waals surface area (Å²) in [6.45, 7) is 2.08. The van der Waals surface area contributed by atoms with E-state index in [2.05, 4.69) is 15.6 Å². The summed E-state index contributed by atoms with van der Waals surface area (Å²) in [4.78, 5) is 28.9. The van der Waals surface area contributed by atoms with Crippen molar-refractivity contribution in [3.63, 3.8) is 0 Å². The first-order valence-electron chi connectivity index (χ1n) is 11.0. The van der Waals surface area contributed by atoms with Gasteiger partial charge in [-0.3, -0.25) is 14.9 Å². The van der Waals surface area contributed by atoms with E-state index >= 15 is 0 Å². The van der Waals surface area contributed by atoms with Crippen LogP contribution in [0.3, 0.4) is 0 Å². The van der Waals surface area contributed by atoms with Crippen molar-refractivity contribution in [3.8, 4) is 28.1 Å². The first-order chi connectivity index (χ1) is 16.6. The Morgan fingerprint density at radius 2 is 1.71 bits per heavy atom. The normalized spacial score (nSPS) is 14.6. The van der Waals surface area contributed by atoms with E-state index < -0.39 is 0 Å². The second kappa shape index (κ2) is 9.49. The van der Waals surface area contributed by atoms with Gasteiger partial charge in [0, 0.05) is 35.4 Å². The number of anilines is 1. The van der Waals surface area contributed by atoms with Crippen LogP contribution in [-0.2, 0) is 4.79 Å². The van der Waals surface area contributed by atoms with Gasteiger partial charge in [-0.25, -0.2) is 4.98 Å². The number of fused-ring (bicyclic) bond motifs is 1. The molecule has 2 amide bonds. The Bertz CT molecular complexity index is 1330. The number of nitrogens with zero attached hydrogens (tertiary/aromatic N) is 1. The summed E-state index contributed by atoms with van der Waals surface area (Å²) < 4.78 is 5.74. The Kier molecular flexibility index (Phi) is 6.10. The highest BCUT2D eigenvalue weighted by Crippen LogP contribution is 2.36. The number of hydrogen-bond donors (Lipinski definition) is 2. The smallest absolute Gasteiger partial charge is 0.257 e. The molecule has 1 aliphatic rings. The third kappa shape index (κ3) is 4.70. The van der Waals surface area contributed by atoms with Crippen LogP contribution >= 0.6 is 11.3 Å². The van der Waals surface area contributed by atoms with Crippen LogP contribution in [0, 0.1) is 0 Å². The summed E-state index contributed by atoms with van der Waals surface area (Å²) in [6, 6.07) is 23.3. The van der Waals surface area contributed by atoms with Gasteiger partial charge in [-0.1, -0.05) is 42.5 Å². The number of ether oxygens (including phenoxy) is 1. The van der Waals surface area contributed by atoms with E-state index in [4.69, 9.17) is 4.74 Å². The molecule has 1 aliphatic heterocycles. The number of thiazole rings is 1. The highest BCUT2D eigenvalue weighted by atomic mass is 32.1. The van der Waals surface area contributed by atoms with E-state index in [1.165, 1.54) is 18.3 Å². The molecule has 0 radical (unpaired) electrons. The number of amides is 2. The van der Waals surface area contributed by atoms with E-state index in [1.54, 1.807) is 0 Å². The Balaban J connectivity index is 1.31. The molecule has 0 saturated carbocycles. The number of benzene rings is 3. The van der Waals surface area contributed by atoms with Gasteiger partial charge in [0.1, 0.15) is 5.75 Å². The lowest BCUT2D eigenvalue weighted by atomic mass is 9.97. The summed E-state index contributed by atoms with van der Waals surface area (Å²) in [5, 5.41) is 8.32. The molecule has 0 bridgehead atoms. The maximum atomic E-state index is 12.7. The predicted octanol–water partition coefficient (Wildman–Crippen LogP) is 5.69. The molecule has 170 valence electrons. The van der Waals surface area contributed by atoms with E-state index in [0.717, 1.165) is 40.1 Å². The summed E-state index contributed by atoms with van der Waals surface area (Å²) in [7, 11) is 0. The number of hydrogen-bond acceptors (Lipinski definition) is 5.